The molecule has 1 amide bonds. The van der Waals surface area contributed by atoms with Crippen molar-refractivity contribution in [1.29, 1.82) is 0 Å². The van der Waals surface area contributed by atoms with Gasteiger partial charge in [-0.2, -0.15) is 0 Å². The maximum atomic E-state index is 11.2. The molecular formula is C18H28N4O3. The van der Waals surface area contributed by atoms with E-state index in [1.54, 1.807) is 21.3 Å². The monoisotopic (exact) mass is 348 g/mol. The predicted molar refractivity (Wildman–Crippen MR) is 97.9 cm³/mol. The quantitative estimate of drug-likeness (QED) is 0.599. The molecule has 0 saturated carbocycles. The molecule has 1 fully saturated rings. The summed E-state index contributed by atoms with van der Waals surface area (Å²) in [6.45, 7) is 2.36. The van der Waals surface area contributed by atoms with Crippen LogP contribution in [0.1, 0.15) is 24.8 Å². The zero-order chi connectivity index (χ0) is 18.2. The molecule has 138 valence electrons. The Morgan fingerprint density at radius 2 is 2.12 bits per heavy atom. The molecule has 1 saturated heterocycles. The topological polar surface area (TPSA) is 89.2 Å². The number of ether oxygens (including phenoxy) is 2. The van der Waals surface area contributed by atoms with Gasteiger partial charge in [-0.05, 0) is 36.5 Å². The lowest BCUT2D eigenvalue weighted by molar-refractivity contribution is -0.119. The molecule has 0 spiro atoms. The van der Waals surface area contributed by atoms with Crippen molar-refractivity contribution in [2.45, 2.75) is 25.8 Å². The van der Waals surface area contributed by atoms with Gasteiger partial charge in [-0.25, -0.2) is 0 Å². The highest BCUT2D eigenvalue weighted by Crippen LogP contribution is 2.27. The lowest BCUT2D eigenvalue weighted by atomic mass is 9.95. The number of hydrogen-bond acceptors (Lipinski definition) is 4. The van der Waals surface area contributed by atoms with Crippen LogP contribution in [0.4, 0.5) is 0 Å². The lowest BCUT2D eigenvalue weighted by Crippen LogP contribution is -2.46. The first-order valence-corrected chi connectivity index (χ1v) is 8.52. The van der Waals surface area contributed by atoms with Gasteiger partial charge in [-0.1, -0.05) is 6.07 Å². The summed E-state index contributed by atoms with van der Waals surface area (Å²) in [5.74, 6) is 2.31. The number of primary amides is 1. The van der Waals surface area contributed by atoms with Crippen molar-refractivity contribution >= 4 is 11.9 Å². The van der Waals surface area contributed by atoms with Crippen LogP contribution in [0.3, 0.4) is 0 Å². The fourth-order valence-electron chi connectivity index (χ4n) is 3.21. The minimum atomic E-state index is -0.236. The Labute approximate surface area is 149 Å². The molecule has 0 bridgehead atoms. The van der Waals surface area contributed by atoms with Crippen molar-refractivity contribution in [2.24, 2.45) is 16.6 Å². The first-order chi connectivity index (χ1) is 12.1. The van der Waals surface area contributed by atoms with Gasteiger partial charge in [0.2, 0.25) is 5.91 Å². The first-order valence-electron chi connectivity index (χ1n) is 8.52. The van der Waals surface area contributed by atoms with Crippen molar-refractivity contribution in [3.8, 4) is 11.5 Å². The number of carbonyl (C=O) groups excluding carboxylic acids is 1. The number of rotatable bonds is 6. The predicted octanol–water partition coefficient (Wildman–Crippen LogP) is 1.37. The molecule has 2 rings (SSSR count). The van der Waals surface area contributed by atoms with Crippen molar-refractivity contribution < 1.29 is 14.3 Å². The highest BCUT2D eigenvalue weighted by Gasteiger charge is 2.23. The number of nitrogens with zero attached hydrogens (tertiary/aromatic N) is 2. The Morgan fingerprint density at radius 3 is 2.76 bits per heavy atom. The molecule has 1 aliphatic heterocycles. The van der Waals surface area contributed by atoms with Gasteiger partial charge >= 0.3 is 0 Å². The van der Waals surface area contributed by atoms with Crippen LogP contribution >= 0.6 is 0 Å². The molecule has 0 aliphatic carbocycles. The Hall–Kier alpha value is -2.44. The van der Waals surface area contributed by atoms with Crippen molar-refractivity contribution in [3.05, 3.63) is 23.8 Å². The van der Waals surface area contributed by atoms with Gasteiger partial charge in [-0.15, -0.1) is 0 Å². The zero-order valence-electron chi connectivity index (χ0n) is 15.2. The maximum Gasteiger partial charge on any atom is 0.217 e. The van der Waals surface area contributed by atoms with E-state index in [0.29, 0.717) is 30.4 Å². The summed E-state index contributed by atoms with van der Waals surface area (Å²) in [7, 11) is 5.02. The molecule has 1 aromatic rings. The minimum Gasteiger partial charge on any atom is -0.493 e. The van der Waals surface area contributed by atoms with Crippen molar-refractivity contribution in [3.63, 3.8) is 0 Å². The van der Waals surface area contributed by atoms with Crippen LogP contribution in [0, 0.1) is 5.92 Å². The number of aliphatic imine (C=N–C) groups is 1. The van der Waals surface area contributed by atoms with Gasteiger partial charge in [0.25, 0.3) is 0 Å². The average molecular weight is 348 g/mol. The number of likely N-dealkylation sites (tertiary alicyclic amines) is 1. The van der Waals surface area contributed by atoms with Crippen LogP contribution in [0.5, 0.6) is 11.5 Å². The van der Waals surface area contributed by atoms with Crippen LogP contribution in [0.15, 0.2) is 23.2 Å². The van der Waals surface area contributed by atoms with E-state index in [9.17, 15) is 4.79 Å². The summed E-state index contributed by atoms with van der Waals surface area (Å²) in [5, 5.41) is 3.38. The number of hydrogen-bond donors (Lipinski definition) is 2. The number of methoxy groups -OCH3 is 2. The second-order valence-corrected chi connectivity index (χ2v) is 6.21. The number of guanidine groups is 1. The Balaban J connectivity index is 1.97. The normalized spacial score (nSPS) is 18.0. The van der Waals surface area contributed by atoms with Gasteiger partial charge in [0.1, 0.15) is 0 Å². The van der Waals surface area contributed by atoms with E-state index in [2.05, 4.69) is 15.2 Å². The maximum absolute atomic E-state index is 11.2. The molecule has 0 aromatic heterocycles. The van der Waals surface area contributed by atoms with Gasteiger partial charge in [0.15, 0.2) is 17.5 Å². The number of nitrogens with two attached hydrogens (primary N) is 1. The van der Waals surface area contributed by atoms with Crippen LogP contribution in [0.25, 0.3) is 0 Å². The SMILES string of the molecule is CN=C(NCc1ccc(OC)c(OC)c1)N1CCCC(CC(N)=O)C1. The number of amides is 1. The molecular weight excluding hydrogens is 320 g/mol. The average Bonchev–Trinajstić information content (AvgIpc) is 2.61. The molecule has 1 aliphatic rings. The van der Waals surface area contributed by atoms with Crippen LogP contribution in [-0.4, -0.2) is 51.1 Å². The fourth-order valence-corrected chi connectivity index (χ4v) is 3.21. The van der Waals surface area contributed by atoms with E-state index in [4.69, 9.17) is 15.2 Å². The van der Waals surface area contributed by atoms with E-state index < -0.39 is 0 Å². The van der Waals surface area contributed by atoms with E-state index in [0.717, 1.165) is 37.5 Å². The van der Waals surface area contributed by atoms with E-state index in [-0.39, 0.29) is 5.91 Å². The van der Waals surface area contributed by atoms with E-state index >= 15 is 0 Å². The summed E-state index contributed by atoms with van der Waals surface area (Å²) in [5.41, 5.74) is 6.41. The van der Waals surface area contributed by atoms with Crippen LogP contribution in [0.2, 0.25) is 0 Å². The molecule has 7 heteroatoms. The highest BCUT2D eigenvalue weighted by molar-refractivity contribution is 5.80. The van der Waals surface area contributed by atoms with Gasteiger partial charge < -0.3 is 25.4 Å². The third kappa shape index (κ3) is 5.27. The second-order valence-electron chi connectivity index (χ2n) is 6.21. The lowest BCUT2D eigenvalue weighted by Gasteiger charge is -2.34. The zero-order valence-corrected chi connectivity index (χ0v) is 15.2. The number of nitrogens with one attached hydrogen (secondary N) is 1. The summed E-state index contributed by atoms with van der Waals surface area (Å²) < 4.78 is 10.6. The van der Waals surface area contributed by atoms with E-state index in [1.807, 2.05) is 18.2 Å². The van der Waals surface area contributed by atoms with Gasteiger partial charge in [0.05, 0.1) is 14.2 Å². The molecule has 1 atom stereocenters. The Bertz CT molecular complexity index is 618. The summed E-state index contributed by atoms with van der Waals surface area (Å²) >= 11 is 0. The largest absolute Gasteiger partial charge is 0.493 e. The van der Waals surface area contributed by atoms with Crippen molar-refractivity contribution in [2.75, 3.05) is 34.4 Å². The second kappa shape index (κ2) is 9.15. The van der Waals surface area contributed by atoms with Gasteiger partial charge in [-0.3, -0.25) is 9.79 Å². The Kier molecular flexibility index (Phi) is 6.91. The summed E-state index contributed by atoms with van der Waals surface area (Å²) in [4.78, 5) is 17.7. The molecule has 1 unspecified atom stereocenters. The van der Waals surface area contributed by atoms with Crippen LogP contribution in [-0.2, 0) is 11.3 Å². The third-order valence-corrected chi connectivity index (χ3v) is 4.42. The molecule has 1 aromatic carbocycles. The standard InChI is InChI=1S/C18H28N4O3/c1-20-18(22-8-4-5-14(12-22)10-17(19)23)21-11-13-6-7-15(24-2)16(9-13)25-3/h6-7,9,14H,4-5,8,10-12H2,1-3H3,(H2,19,23)(H,20,21). The smallest absolute Gasteiger partial charge is 0.217 e. The van der Waals surface area contributed by atoms with Gasteiger partial charge in [0, 0.05) is 33.1 Å². The fraction of sp³-hybridized carbons (Fsp3) is 0.556. The summed E-state index contributed by atoms with van der Waals surface area (Å²) in [6.07, 6.45) is 2.50. The molecule has 0 radical (unpaired) electrons. The number of benzene rings is 1. The molecule has 3 N–H and O–H groups in total. The highest BCUT2D eigenvalue weighted by atomic mass is 16.5. The molecule has 25 heavy (non-hydrogen) atoms. The molecule has 1 heterocycles. The van der Waals surface area contributed by atoms with E-state index in [1.165, 1.54) is 0 Å². The number of piperidine rings is 1. The van der Waals surface area contributed by atoms with Crippen LogP contribution < -0.4 is 20.5 Å². The number of carbonyl (C=O) groups is 1. The minimum absolute atomic E-state index is 0.236. The first kappa shape index (κ1) is 18.9. The third-order valence-electron chi connectivity index (χ3n) is 4.42. The molecule has 7 nitrogen and oxygen atoms in total. The van der Waals surface area contributed by atoms with Crippen molar-refractivity contribution in [1.82, 2.24) is 10.2 Å². The Morgan fingerprint density at radius 1 is 1.36 bits per heavy atom. The summed E-state index contributed by atoms with van der Waals surface area (Å²) in [6, 6.07) is 5.83.